The van der Waals surface area contributed by atoms with Crippen LogP contribution in [0.2, 0.25) is 5.02 Å². The van der Waals surface area contributed by atoms with E-state index in [1.165, 1.54) is 18.2 Å². The Morgan fingerprint density at radius 2 is 2.10 bits per heavy atom. The molecule has 21 heavy (non-hydrogen) atoms. The molecule has 0 radical (unpaired) electrons. The van der Waals surface area contributed by atoms with E-state index in [-0.39, 0.29) is 27.1 Å². The van der Waals surface area contributed by atoms with E-state index in [9.17, 15) is 13.2 Å². The number of carbonyl (C=O) groups is 1. The minimum Gasteiger partial charge on any atom is -0.316 e. The number of ketones is 1. The lowest BCUT2D eigenvalue weighted by molar-refractivity contribution is -0.278. The molecule has 1 aromatic carbocycles. The Kier molecular flexibility index (Phi) is 3.43. The number of carbonyl (C=O) groups excluding carboxylic acids is 1. The van der Waals surface area contributed by atoms with Crippen molar-refractivity contribution >= 4 is 27.2 Å². The Hall–Kier alpha value is -1.57. The van der Waals surface area contributed by atoms with Crippen LogP contribution in [0, 0.1) is 5.92 Å². The van der Waals surface area contributed by atoms with Gasteiger partial charge in [-0.25, -0.2) is 13.9 Å². The SMILES string of the molecule is CS(=O)(=O)c1cc(Cl)ccc1C(=O)C1=C(C2CC2)OON1. The summed E-state index contributed by atoms with van der Waals surface area (Å²) in [5, 5.41) is 0.246. The summed E-state index contributed by atoms with van der Waals surface area (Å²) in [6.07, 6.45) is 2.86. The quantitative estimate of drug-likeness (QED) is 0.672. The molecule has 1 saturated carbocycles. The van der Waals surface area contributed by atoms with Gasteiger partial charge in [0.25, 0.3) is 0 Å². The fourth-order valence-corrected chi connectivity index (χ4v) is 3.24. The summed E-state index contributed by atoms with van der Waals surface area (Å²) in [4.78, 5) is 22.1. The first kappa shape index (κ1) is 14.4. The van der Waals surface area contributed by atoms with Crippen LogP contribution in [0.25, 0.3) is 0 Å². The lowest BCUT2D eigenvalue weighted by Crippen LogP contribution is -2.18. The molecule has 8 heteroatoms. The van der Waals surface area contributed by atoms with Gasteiger partial charge in [-0.1, -0.05) is 16.6 Å². The minimum absolute atomic E-state index is 0.0386. The van der Waals surface area contributed by atoms with Crippen LogP contribution in [0.1, 0.15) is 23.2 Å². The van der Waals surface area contributed by atoms with Gasteiger partial charge < -0.3 is 4.89 Å². The maximum absolute atomic E-state index is 12.6. The predicted molar refractivity (Wildman–Crippen MR) is 73.9 cm³/mol. The third-order valence-electron chi connectivity index (χ3n) is 3.28. The second kappa shape index (κ2) is 5.01. The fraction of sp³-hybridized carbons (Fsp3) is 0.308. The highest BCUT2D eigenvalue weighted by Crippen LogP contribution is 2.40. The van der Waals surface area contributed by atoms with Gasteiger partial charge >= 0.3 is 0 Å². The normalized spacial score (nSPS) is 18.4. The van der Waals surface area contributed by atoms with E-state index in [1.807, 2.05) is 0 Å². The number of allylic oxidation sites excluding steroid dienone is 2. The number of Topliss-reactive ketones (excluding diaryl/α,β-unsaturated/α-hetero) is 1. The number of hydrogen-bond acceptors (Lipinski definition) is 6. The first-order valence-corrected chi connectivity index (χ1v) is 8.53. The van der Waals surface area contributed by atoms with Crippen LogP contribution in [0.3, 0.4) is 0 Å². The second-order valence-corrected chi connectivity index (χ2v) is 7.44. The molecule has 1 aliphatic carbocycles. The molecule has 0 amide bonds. The van der Waals surface area contributed by atoms with Crippen LogP contribution < -0.4 is 5.48 Å². The summed E-state index contributed by atoms with van der Waals surface area (Å²) in [6.45, 7) is 0. The molecule has 6 nitrogen and oxygen atoms in total. The zero-order chi connectivity index (χ0) is 15.2. The summed E-state index contributed by atoms with van der Waals surface area (Å²) in [5.41, 5.74) is 2.58. The van der Waals surface area contributed by atoms with Crippen molar-refractivity contribution in [1.29, 1.82) is 0 Å². The smallest absolute Gasteiger partial charge is 0.216 e. The van der Waals surface area contributed by atoms with E-state index in [4.69, 9.17) is 16.5 Å². The number of hydroxylamine groups is 1. The van der Waals surface area contributed by atoms with Gasteiger partial charge in [0.05, 0.1) is 4.90 Å². The number of rotatable bonds is 4. The number of benzene rings is 1. The molecule has 0 saturated heterocycles. The van der Waals surface area contributed by atoms with Crippen molar-refractivity contribution < 1.29 is 23.1 Å². The van der Waals surface area contributed by atoms with E-state index in [1.54, 1.807) is 0 Å². The van der Waals surface area contributed by atoms with Crippen molar-refractivity contribution in [3.8, 4) is 0 Å². The van der Waals surface area contributed by atoms with E-state index < -0.39 is 15.6 Å². The number of hydrogen-bond donors (Lipinski definition) is 1. The summed E-state index contributed by atoms with van der Waals surface area (Å²) < 4.78 is 23.7. The fourth-order valence-electron chi connectivity index (χ4n) is 2.10. The highest BCUT2D eigenvalue weighted by atomic mass is 35.5. The Morgan fingerprint density at radius 1 is 1.38 bits per heavy atom. The van der Waals surface area contributed by atoms with Gasteiger partial charge in [-0.3, -0.25) is 4.79 Å². The molecule has 2 aliphatic rings. The van der Waals surface area contributed by atoms with Gasteiger partial charge in [-0.15, -0.1) is 0 Å². The molecule has 1 aliphatic heterocycles. The highest BCUT2D eigenvalue weighted by molar-refractivity contribution is 7.90. The third kappa shape index (κ3) is 2.76. The molecule has 1 fully saturated rings. The highest BCUT2D eigenvalue weighted by Gasteiger charge is 2.38. The second-order valence-electron chi connectivity index (χ2n) is 5.02. The van der Waals surface area contributed by atoms with Crippen LogP contribution >= 0.6 is 11.6 Å². The molecular formula is C13H12ClNO5S. The van der Waals surface area contributed by atoms with Gasteiger partial charge in [-0.2, -0.15) is 0 Å². The van der Waals surface area contributed by atoms with Gasteiger partial charge in [0.1, 0.15) is 0 Å². The Morgan fingerprint density at radius 3 is 2.71 bits per heavy atom. The Balaban J connectivity index is 2.08. The van der Waals surface area contributed by atoms with Crippen molar-refractivity contribution in [3.05, 3.63) is 40.2 Å². The summed E-state index contributed by atoms with van der Waals surface area (Å²) >= 11 is 5.82. The standard InChI is InChI=1S/C13H12ClNO5S/c1-21(17,18)10-6-8(14)4-5-9(10)12(16)11-13(7-2-3-7)19-20-15-11/h4-7,15H,2-3H2,1H3. The van der Waals surface area contributed by atoms with E-state index in [0.717, 1.165) is 19.1 Å². The van der Waals surface area contributed by atoms with E-state index in [2.05, 4.69) is 10.5 Å². The molecule has 0 bridgehead atoms. The zero-order valence-electron chi connectivity index (χ0n) is 11.1. The molecule has 0 aromatic heterocycles. The van der Waals surface area contributed by atoms with Crippen LogP contribution in [0.5, 0.6) is 0 Å². The van der Waals surface area contributed by atoms with Crippen LogP contribution in [0.4, 0.5) is 0 Å². The largest absolute Gasteiger partial charge is 0.316 e. The number of nitrogens with one attached hydrogen (secondary N) is 1. The zero-order valence-corrected chi connectivity index (χ0v) is 12.6. The first-order chi connectivity index (χ1) is 9.88. The van der Waals surface area contributed by atoms with E-state index >= 15 is 0 Å². The first-order valence-electron chi connectivity index (χ1n) is 6.26. The topological polar surface area (TPSA) is 81.7 Å². The molecule has 1 N–H and O–H groups in total. The minimum atomic E-state index is -3.59. The van der Waals surface area contributed by atoms with E-state index in [0.29, 0.717) is 5.76 Å². The average molecular weight is 330 g/mol. The Bertz CT molecular complexity index is 752. The molecule has 112 valence electrons. The maximum atomic E-state index is 12.6. The molecule has 0 unspecified atom stereocenters. The maximum Gasteiger partial charge on any atom is 0.216 e. The molecule has 0 atom stereocenters. The lowest BCUT2D eigenvalue weighted by Gasteiger charge is -2.08. The Labute approximate surface area is 126 Å². The van der Waals surface area contributed by atoms with Crippen molar-refractivity contribution in [3.63, 3.8) is 0 Å². The summed E-state index contributed by atoms with van der Waals surface area (Å²) in [6, 6.07) is 4.12. The van der Waals surface area contributed by atoms with Gasteiger partial charge in [-0.05, 0) is 31.0 Å². The third-order valence-corrected chi connectivity index (χ3v) is 4.66. The lowest BCUT2D eigenvalue weighted by atomic mass is 10.1. The van der Waals surface area contributed by atoms with Crippen molar-refractivity contribution in [2.24, 2.45) is 5.92 Å². The molecule has 1 aromatic rings. The summed E-state index contributed by atoms with van der Waals surface area (Å²) in [5.74, 6) is 0.0776. The number of sulfone groups is 1. The van der Waals surface area contributed by atoms with Crippen LogP contribution in [0.15, 0.2) is 34.6 Å². The monoisotopic (exact) mass is 329 g/mol. The average Bonchev–Trinajstić information content (AvgIpc) is 3.14. The van der Waals surface area contributed by atoms with Gasteiger partial charge in [0.15, 0.2) is 21.3 Å². The van der Waals surface area contributed by atoms with Crippen molar-refractivity contribution in [2.75, 3.05) is 6.26 Å². The van der Waals surface area contributed by atoms with Gasteiger partial charge in [0, 0.05) is 22.8 Å². The molecular weight excluding hydrogens is 318 g/mol. The summed E-state index contributed by atoms with van der Waals surface area (Å²) in [7, 11) is -3.59. The number of halogens is 1. The van der Waals surface area contributed by atoms with Gasteiger partial charge in [0.2, 0.25) is 5.78 Å². The predicted octanol–water partition coefficient (Wildman–Crippen LogP) is 2.01. The van der Waals surface area contributed by atoms with Crippen molar-refractivity contribution in [2.45, 2.75) is 17.7 Å². The molecule has 0 spiro atoms. The molecule has 1 heterocycles. The van der Waals surface area contributed by atoms with Crippen LogP contribution in [-0.2, 0) is 19.7 Å². The van der Waals surface area contributed by atoms with Crippen LogP contribution in [-0.4, -0.2) is 20.5 Å². The molecule has 3 rings (SSSR count). The van der Waals surface area contributed by atoms with Crippen molar-refractivity contribution in [1.82, 2.24) is 5.48 Å².